The number of carbonyl (C=O) groups excluding carboxylic acids is 1. The summed E-state index contributed by atoms with van der Waals surface area (Å²) in [6.07, 6.45) is 0. The molecule has 4 N–H and O–H groups in total. The fraction of sp³-hybridized carbons (Fsp3) is 0.182. The van der Waals surface area contributed by atoms with Gasteiger partial charge in [0.05, 0.1) is 12.2 Å². The van der Waals surface area contributed by atoms with Crippen LogP contribution in [0.15, 0.2) is 18.2 Å². The van der Waals surface area contributed by atoms with Gasteiger partial charge in [-0.15, -0.1) is 0 Å². The molecule has 0 saturated heterocycles. The van der Waals surface area contributed by atoms with E-state index in [1.807, 2.05) is 5.32 Å². The molecule has 0 aliphatic rings. The summed E-state index contributed by atoms with van der Waals surface area (Å²) < 4.78 is 13.0. The number of halogens is 1. The summed E-state index contributed by atoms with van der Waals surface area (Å²) in [7, 11) is 0. The SMILES string of the molecule is N#Cc1cc(NC(=O)NC(CO)C(=O)O)ccc1F. The highest BCUT2D eigenvalue weighted by atomic mass is 19.1. The quantitative estimate of drug-likeness (QED) is 0.623. The number of nitrogens with zero attached hydrogens (tertiary/aromatic N) is 1. The molecule has 1 rings (SSSR count). The van der Waals surface area contributed by atoms with Crippen LogP contribution >= 0.6 is 0 Å². The number of aliphatic hydroxyl groups excluding tert-OH is 1. The Morgan fingerprint density at radius 2 is 2.16 bits per heavy atom. The van der Waals surface area contributed by atoms with Gasteiger partial charge in [0.25, 0.3) is 0 Å². The third-order valence-electron chi connectivity index (χ3n) is 2.13. The molecule has 0 heterocycles. The molecule has 0 aliphatic carbocycles. The molecule has 19 heavy (non-hydrogen) atoms. The lowest BCUT2D eigenvalue weighted by atomic mass is 10.2. The number of rotatable bonds is 4. The number of aliphatic carboxylic acids is 1. The second-order valence-electron chi connectivity index (χ2n) is 3.48. The monoisotopic (exact) mass is 267 g/mol. The van der Waals surface area contributed by atoms with Crippen molar-refractivity contribution in [2.24, 2.45) is 0 Å². The van der Waals surface area contributed by atoms with Crippen LogP contribution < -0.4 is 10.6 Å². The largest absolute Gasteiger partial charge is 0.480 e. The van der Waals surface area contributed by atoms with E-state index in [0.717, 1.165) is 12.1 Å². The van der Waals surface area contributed by atoms with Crippen molar-refractivity contribution >= 4 is 17.7 Å². The topological polar surface area (TPSA) is 122 Å². The predicted molar refractivity (Wildman–Crippen MR) is 61.8 cm³/mol. The molecule has 0 bridgehead atoms. The number of carbonyl (C=O) groups is 2. The number of nitrogens with one attached hydrogen (secondary N) is 2. The zero-order valence-corrected chi connectivity index (χ0v) is 9.55. The maximum Gasteiger partial charge on any atom is 0.328 e. The van der Waals surface area contributed by atoms with Crippen molar-refractivity contribution in [3.05, 3.63) is 29.6 Å². The van der Waals surface area contributed by atoms with Crippen LogP contribution in [-0.4, -0.2) is 34.9 Å². The van der Waals surface area contributed by atoms with E-state index in [2.05, 4.69) is 5.32 Å². The van der Waals surface area contributed by atoms with Crippen LogP contribution in [0, 0.1) is 17.1 Å². The van der Waals surface area contributed by atoms with Gasteiger partial charge in [-0.1, -0.05) is 0 Å². The molecule has 8 heteroatoms. The van der Waals surface area contributed by atoms with E-state index in [1.165, 1.54) is 6.07 Å². The fourth-order valence-corrected chi connectivity index (χ4v) is 1.20. The number of aliphatic hydroxyl groups is 1. The van der Waals surface area contributed by atoms with Gasteiger partial charge in [-0.05, 0) is 18.2 Å². The lowest BCUT2D eigenvalue weighted by Crippen LogP contribution is -2.45. The van der Waals surface area contributed by atoms with E-state index < -0.39 is 30.5 Å². The Bertz CT molecular complexity index is 541. The van der Waals surface area contributed by atoms with Crippen LogP contribution in [0.5, 0.6) is 0 Å². The third kappa shape index (κ3) is 3.93. The summed E-state index contributed by atoms with van der Waals surface area (Å²) in [5, 5.41) is 30.1. The average molecular weight is 267 g/mol. The van der Waals surface area contributed by atoms with Crippen LogP contribution in [0.3, 0.4) is 0 Å². The minimum absolute atomic E-state index is 0.123. The number of hydrogen-bond acceptors (Lipinski definition) is 4. The molecule has 0 spiro atoms. The highest BCUT2D eigenvalue weighted by molar-refractivity contribution is 5.92. The van der Waals surface area contributed by atoms with Crippen LogP contribution in [-0.2, 0) is 4.79 Å². The van der Waals surface area contributed by atoms with Gasteiger partial charge in [0.15, 0.2) is 6.04 Å². The highest BCUT2D eigenvalue weighted by Crippen LogP contribution is 2.13. The standard InChI is InChI=1S/C11H10FN3O4/c12-8-2-1-7(3-6(8)4-13)14-11(19)15-9(5-16)10(17)18/h1-3,9,16H,5H2,(H,17,18)(H2,14,15,19). The zero-order valence-electron chi connectivity index (χ0n) is 9.55. The first-order chi connectivity index (χ1) is 8.97. The van der Waals surface area contributed by atoms with E-state index in [9.17, 15) is 14.0 Å². The van der Waals surface area contributed by atoms with Crippen molar-refractivity contribution in [3.63, 3.8) is 0 Å². The Morgan fingerprint density at radius 1 is 1.47 bits per heavy atom. The molecular weight excluding hydrogens is 257 g/mol. The molecule has 1 aromatic carbocycles. The molecule has 0 saturated carbocycles. The molecular formula is C11H10FN3O4. The van der Waals surface area contributed by atoms with Gasteiger partial charge in [0.1, 0.15) is 11.9 Å². The van der Waals surface area contributed by atoms with Crippen LogP contribution in [0.1, 0.15) is 5.56 Å². The second kappa shape index (κ2) is 6.32. The Morgan fingerprint density at radius 3 is 2.68 bits per heavy atom. The zero-order chi connectivity index (χ0) is 14.4. The minimum Gasteiger partial charge on any atom is -0.480 e. The molecule has 2 amide bonds. The average Bonchev–Trinajstić information content (AvgIpc) is 2.37. The maximum atomic E-state index is 13.0. The highest BCUT2D eigenvalue weighted by Gasteiger charge is 2.18. The summed E-state index contributed by atoms with van der Waals surface area (Å²) >= 11 is 0. The number of amides is 2. The third-order valence-corrected chi connectivity index (χ3v) is 2.13. The lowest BCUT2D eigenvalue weighted by Gasteiger charge is -2.12. The van der Waals surface area contributed by atoms with Crippen molar-refractivity contribution in [2.45, 2.75) is 6.04 Å². The Hall–Kier alpha value is -2.66. The minimum atomic E-state index is -1.45. The van der Waals surface area contributed by atoms with E-state index in [-0.39, 0.29) is 11.3 Å². The van der Waals surface area contributed by atoms with Crippen molar-refractivity contribution in [1.29, 1.82) is 5.26 Å². The summed E-state index contributed by atoms with van der Waals surface area (Å²) in [6, 6.07) is 2.57. The van der Waals surface area contributed by atoms with Crippen molar-refractivity contribution in [2.75, 3.05) is 11.9 Å². The van der Waals surface area contributed by atoms with Gasteiger partial charge in [0.2, 0.25) is 0 Å². The maximum absolute atomic E-state index is 13.0. The lowest BCUT2D eigenvalue weighted by molar-refractivity contribution is -0.140. The van der Waals surface area contributed by atoms with Gasteiger partial charge >= 0.3 is 12.0 Å². The van der Waals surface area contributed by atoms with E-state index >= 15 is 0 Å². The summed E-state index contributed by atoms with van der Waals surface area (Å²) in [4.78, 5) is 22.0. The molecule has 0 aliphatic heterocycles. The van der Waals surface area contributed by atoms with Crippen LogP contribution in [0.2, 0.25) is 0 Å². The van der Waals surface area contributed by atoms with Gasteiger partial charge in [-0.2, -0.15) is 5.26 Å². The first-order valence-corrected chi connectivity index (χ1v) is 5.08. The normalized spacial score (nSPS) is 11.2. The van der Waals surface area contributed by atoms with Crippen molar-refractivity contribution < 1.29 is 24.2 Å². The first kappa shape index (κ1) is 14.4. The van der Waals surface area contributed by atoms with E-state index in [1.54, 1.807) is 6.07 Å². The molecule has 0 radical (unpaired) electrons. The summed E-state index contributed by atoms with van der Waals surface area (Å²) in [5.41, 5.74) is -0.132. The molecule has 1 aromatic rings. The molecule has 0 aromatic heterocycles. The van der Waals surface area contributed by atoms with Crippen molar-refractivity contribution in [1.82, 2.24) is 5.32 Å². The van der Waals surface area contributed by atoms with Gasteiger partial charge in [-0.25, -0.2) is 14.0 Å². The van der Waals surface area contributed by atoms with Gasteiger partial charge in [-0.3, -0.25) is 0 Å². The summed E-state index contributed by atoms with van der Waals surface area (Å²) in [6.45, 7) is -0.768. The molecule has 0 fully saturated rings. The molecule has 1 atom stereocenters. The van der Waals surface area contributed by atoms with Gasteiger partial charge < -0.3 is 20.8 Å². The molecule has 100 valence electrons. The number of anilines is 1. The van der Waals surface area contributed by atoms with E-state index in [0.29, 0.717) is 0 Å². The first-order valence-electron chi connectivity index (χ1n) is 5.08. The Labute approximate surface area is 107 Å². The van der Waals surface area contributed by atoms with Crippen molar-refractivity contribution in [3.8, 4) is 6.07 Å². The molecule has 1 unspecified atom stereocenters. The summed E-state index contributed by atoms with van der Waals surface area (Å²) in [5.74, 6) is -2.12. The molecule has 7 nitrogen and oxygen atoms in total. The number of carboxylic acids is 1. The Kier molecular flexibility index (Phi) is 4.79. The number of carboxylic acid groups (broad SMARTS) is 1. The van der Waals surface area contributed by atoms with Gasteiger partial charge in [0, 0.05) is 5.69 Å². The number of nitriles is 1. The number of hydrogen-bond donors (Lipinski definition) is 4. The second-order valence-corrected chi connectivity index (χ2v) is 3.48. The Balaban J connectivity index is 2.72. The number of urea groups is 1. The van der Waals surface area contributed by atoms with E-state index in [4.69, 9.17) is 15.5 Å². The predicted octanol–water partition coefficient (Wildman–Crippen LogP) is 0.264. The van der Waals surface area contributed by atoms with Crippen LogP contribution in [0.25, 0.3) is 0 Å². The smallest absolute Gasteiger partial charge is 0.328 e. The van der Waals surface area contributed by atoms with Crippen LogP contribution in [0.4, 0.5) is 14.9 Å². The fourth-order valence-electron chi connectivity index (χ4n) is 1.20. The number of benzene rings is 1.